The van der Waals surface area contributed by atoms with Gasteiger partial charge in [-0.2, -0.15) is 4.58 Å². The van der Waals surface area contributed by atoms with Crippen molar-refractivity contribution < 1.29 is 31.3 Å². The molecule has 0 radical (unpaired) electrons. The lowest BCUT2D eigenvalue weighted by Crippen LogP contribution is -3.00. The van der Waals surface area contributed by atoms with E-state index in [1.54, 1.807) is 6.92 Å². The summed E-state index contributed by atoms with van der Waals surface area (Å²) >= 11 is 0. The van der Waals surface area contributed by atoms with E-state index in [0.29, 0.717) is 31.2 Å². The number of aromatic nitrogens is 4. The molecule has 2 N–H and O–H groups in total. The van der Waals surface area contributed by atoms with E-state index < -0.39 is 0 Å². The third kappa shape index (κ3) is 10.3. The first-order chi connectivity index (χ1) is 27.5. The molecule has 0 atom stereocenters. The van der Waals surface area contributed by atoms with E-state index >= 15 is 0 Å². The highest BCUT2D eigenvalue weighted by atomic mass is 35.5. The Kier molecular flexibility index (Phi) is 14.9. The number of fused-ring (bicyclic) bond motifs is 2. The van der Waals surface area contributed by atoms with Gasteiger partial charge in [0.25, 0.3) is 0 Å². The molecule has 304 valence electrons. The molecule has 12 heteroatoms. The number of carbonyl (C=O) groups excluding carboxylic acids is 2. The zero-order valence-electron chi connectivity index (χ0n) is 34.5. The molecule has 58 heavy (non-hydrogen) atoms. The topological polar surface area (TPSA) is 125 Å². The standard InChI is InChI=1S/C46H54N8O3.ClH/c1-33-49-51-44(52-50-33)35-26-24-34(25-27-35)31-48-43(56)32-57-30-28-47-42(55)23-11-8-16-29-54-39-20-15-13-18-37(39)46(4,5)41(54)22-10-7-9-21-40-45(2,3)36-17-12-14-19-38(36)53(40)6;/h7,9-10,12-15,17-22,24-27H,8,11,16,23,28-32H2,1-6H3,(H-,47,48,55,56);1H. The van der Waals surface area contributed by atoms with Crippen LogP contribution in [0.15, 0.2) is 109 Å². The molecule has 1 aromatic heterocycles. The molecule has 0 fully saturated rings. The highest BCUT2D eigenvalue weighted by molar-refractivity contribution is 6.03. The third-order valence-electron chi connectivity index (χ3n) is 10.8. The molecule has 0 unspecified atom stereocenters. The fourth-order valence-electron chi connectivity index (χ4n) is 7.71. The number of nitrogens with one attached hydrogen (secondary N) is 2. The van der Waals surface area contributed by atoms with Crippen LogP contribution in [0.4, 0.5) is 11.4 Å². The van der Waals surface area contributed by atoms with E-state index in [9.17, 15) is 9.59 Å². The quantitative estimate of drug-likeness (QED) is 0.0932. The summed E-state index contributed by atoms with van der Waals surface area (Å²) in [7, 11) is 2.15. The summed E-state index contributed by atoms with van der Waals surface area (Å²) in [6.07, 6.45) is 14.1. The molecule has 0 aliphatic carbocycles. The van der Waals surface area contributed by atoms with Crippen LogP contribution in [0.5, 0.6) is 0 Å². The van der Waals surface area contributed by atoms with Gasteiger partial charge in [-0.3, -0.25) is 9.59 Å². The van der Waals surface area contributed by atoms with Crippen LogP contribution >= 0.6 is 0 Å². The molecule has 0 bridgehead atoms. The summed E-state index contributed by atoms with van der Waals surface area (Å²) < 4.78 is 7.78. The Hall–Kier alpha value is -5.52. The molecular formula is C46H55ClN8O3. The number of allylic oxidation sites excluding steroid dienone is 6. The lowest BCUT2D eigenvalue weighted by atomic mass is 9.81. The number of unbranched alkanes of at least 4 members (excludes halogenated alkanes) is 2. The van der Waals surface area contributed by atoms with Gasteiger partial charge in [0.2, 0.25) is 23.3 Å². The summed E-state index contributed by atoms with van der Waals surface area (Å²) in [5, 5.41) is 21.7. The van der Waals surface area contributed by atoms with Gasteiger partial charge in [-0.15, -0.1) is 20.4 Å². The van der Waals surface area contributed by atoms with E-state index in [1.807, 2.05) is 24.3 Å². The fraction of sp³-hybridized carbons (Fsp3) is 0.370. The molecule has 0 saturated carbocycles. The molecule has 2 aliphatic heterocycles. The van der Waals surface area contributed by atoms with Gasteiger partial charge >= 0.3 is 0 Å². The van der Waals surface area contributed by atoms with Crippen molar-refractivity contribution in [2.45, 2.75) is 77.7 Å². The number of hydrogen-bond acceptors (Lipinski definition) is 8. The summed E-state index contributed by atoms with van der Waals surface area (Å²) in [5.74, 6) is 0.731. The lowest BCUT2D eigenvalue weighted by molar-refractivity contribution is -0.401. The van der Waals surface area contributed by atoms with Gasteiger partial charge in [0.1, 0.15) is 13.7 Å². The van der Waals surface area contributed by atoms with Gasteiger partial charge in [-0.1, -0.05) is 99.2 Å². The minimum absolute atomic E-state index is 0. The number of amides is 2. The smallest absolute Gasteiger partial charge is 0.246 e. The van der Waals surface area contributed by atoms with Crippen molar-refractivity contribution >= 4 is 28.9 Å². The zero-order valence-corrected chi connectivity index (χ0v) is 35.2. The van der Waals surface area contributed by atoms with E-state index in [0.717, 1.165) is 36.9 Å². The zero-order chi connectivity index (χ0) is 40.4. The predicted octanol–water partition coefficient (Wildman–Crippen LogP) is 4.06. The number of ether oxygens (including phenoxy) is 1. The summed E-state index contributed by atoms with van der Waals surface area (Å²) in [6.45, 7) is 12.7. The molecule has 3 aromatic carbocycles. The Bertz CT molecular complexity index is 2180. The Morgan fingerprint density at radius 1 is 0.793 bits per heavy atom. The molecule has 2 aliphatic rings. The first-order valence-corrected chi connectivity index (χ1v) is 19.8. The van der Waals surface area contributed by atoms with Crippen LogP contribution in [0.3, 0.4) is 0 Å². The second-order valence-electron chi connectivity index (χ2n) is 15.6. The van der Waals surface area contributed by atoms with Crippen molar-refractivity contribution in [2.24, 2.45) is 0 Å². The normalized spacial score (nSPS) is 15.8. The molecule has 4 aromatic rings. The molecular weight excluding hydrogens is 748 g/mol. The first kappa shape index (κ1) is 43.6. The van der Waals surface area contributed by atoms with Crippen LogP contribution in [0, 0.1) is 6.92 Å². The second kappa shape index (κ2) is 19.8. The maximum absolute atomic E-state index is 12.5. The van der Waals surface area contributed by atoms with Gasteiger partial charge in [0.15, 0.2) is 11.5 Å². The van der Waals surface area contributed by atoms with Crippen LogP contribution in [0.25, 0.3) is 11.4 Å². The number of anilines is 1. The van der Waals surface area contributed by atoms with E-state index in [1.165, 1.54) is 33.9 Å². The Morgan fingerprint density at radius 3 is 2.24 bits per heavy atom. The lowest BCUT2D eigenvalue weighted by Gasteiger charge is -2.27. The monoisotopic (exact) mass is 802 g/mol. The van der Waals surface area contributed by atoms with Crippen molar-refractivity contribution in [3.8, 4) is 11.4 Å². The second-order valence-corrected chi connectivity index (χ2v) is 15.6. The maximum Gasteiger partial charge on any atom is 0.246 e. The number of hydrogen-bond donors (Lipinski definition) is 2. The number of halogens is 1. The highest BCUT2D eigenvalue weighted by Crippen LogP contribution is 2.47. The minimum atomic E-state index is -0.224. The number of aryl methyl sites for hydroxylation is 1. The first-order valence-electron chi connectivity index (χ1n) is 19.8. The number of carbonyl (C=O) groups is 2. The van der Waals surface area contributed by atoms with Crippen LogP contribution in [-0.4, -0.2) is 75.8 Å². The summed E-state index contributed by atoms with van der Waals surface area (Å²) in [4.78, 5) is 27.2. The number of para-hydroxylation sites is 2. The van der Waals surface area contributed by atoms with Gasteiger partial charge < -0.3 is 32.7 Å². The third-order valence-corrected chi connectivity index (χ3v) is 10.8. The number of benzene rings is 3. The highest BCUT2D eigenvalue weighted by Gasteiger charge is 2.42. The van der Waals surface area contributed by atoms with Crippen molar-refractivity contribution in [1.82, 2.24) is 31.0 Å². The van der Waals surface area contributed by atoms with Crippen molar-refractivity contribution in [2.75, 3.05) is 38.3 Å². The summed E-state index contributed by atoms with van der Waals surface area (Å²) in [5.41, 5.74) is 9.30. The maximum atomic E-state index is 12.5. The average molecular weight is 803 g/mol. The minimum Gasteiger partial charge on any atom is -1.00 e. The molecule has 2 amide bonds. The molecule has 3 heterocycles. The SMILES string of the molecule is Cc1nnc(-c2ccc(CNC(=O)COCCNC(=O)CCCCCN3/C(=C/C=C/C=C/C4=[N+](C)c5ccccc5C4(C)C)C(C)(C)c4ccccc43)cc2)nn1.[Cl-]. The molecule has 0 spiro atoms. The van der Waals surface area contributed by atoms with Crippen LogP contribution in [0.2, 0.25) is 0 Å². The van der Waals surface area contributed by atoms with Crippen molar-refractivity contribution in [1.29, 1.82) is 0 Å². The number of nitrogens with zero attached hydrogens (tertiary/aromatic N) is 6. The van der Waals surface area contributed by atoms with Crippen molar-refractivity contribution in [3.63, 3.8) is 0 Å². The van der Waals surface area contributed by atoms with Crippen molar-refractivity contribution in [3.05, 3.63) is 131 Å². The predicted molar refractivity (Wildman–Crippen MR) is 225 cm³/mol. The largest absolute Gasteiger partial charge is 1.00 e. The van der Waals surface area contributed by atoms with E-state index in [-0.39, 0.29) is 48.3 Å². The Morgan fingerprint density at radius 2 is 1.50 bits per heavy atom. The average Bonchev–Trinajstić information content (AvgIpc) is 3.54. The molecule has 11 nitrogen and oxygen atoms in total. The van der Waals surface area contributed by atoms with Crippen LogP contribution in [0.1, 0.15) is 75.9 Å². The van der Waals surface area contributed by atoms with Gasteiger partial charge in [0.05, 0.1) is 12.0 Å². The fourth-order valence-corrected chi connectivity index (χ4v) is 7.71. The van der Waals surface area contributed by atoms with Gasteiger partial charge in [-0.25, -0.2) is 0 Å². The Balaban J connectivity index is 0.00000641. The van der Waals surface area contributed by atoms with Crippen LogP contribution in [-0.2, 0) is 31.7 Å². The van der Waals surface area contributed by atoms with Gasteiger partial charge in [-0.05, 0) is 56.9 Å². The number of rotatable bonds is 17. The molecule has 0 saturated heterocycles. The van der Waals surface area contributed by atoms with Crippen LogP contribution < -0.4 is 27.9 Å². The van der Waals surface area contributed by atoms with E-state index in [4.69, 9.17) is 4.74 Å². The molecule has 6 rings (SSSR count). The summed E-state index contributed by atoms with van der Waals surface area (Å²) in [6, 6.07) is 24.8. The van der Waals surface area contributed by atoms with E-state index in [2.05, 4.69) is 154 Å². The van der Waals surface area contributed by atoms with Gasteiger partial charge in [0, 0.05) is 66.1 Å². The Labute approximate surface area is 348 Å².